The van der Waals surface area contributed by atoms with E-state index in [1.54, 1.807) is 6.07 Å². The number of likely N-dealkylation sites (tertiary alicyclic amines) is 1. The Hall–Kier alpha value is -3.64. The van der Waals surface area contributed by atoms with E-state index in [2.05, 4.69) is 20.3 Å². The monoisotopic (exact) mass is 492 g/mol. The standard InChI is InChI=1S/C25H25ClN6O3/c1-14(18-8-22(34-3)28-11-19(18)26)24(33)32-12-20(25(13-32)6-7-25)31-21-5-4-17(15(2)30-21)23-29-10-16(9-27)35-23/h4-5,8,10-11,14,20H,6-7,12-13H2,1-3H3,(H,30,31)/t14-,20-/m1/s1. The number of methoxy groups -OCH3 is 1. The van der Waals surface area contributed by atoms with Gasteiger partial charge in [-0.3, -0.25) is 4.79 Å². The van der Waals surface area contributed by atoms with E-state index in [-0.39, 0.29) is 23.1 Å². The van der Waals surface area contributed by atoms with Crippen LogP contribution < -0.4 is 10.1 Å². The van der Waals surface area contributed by atoms with Crippen molar-refractivity contribution in [3.8, 4) is 23.4 Å². The van der Waals surface area contributed by atoms with Crippen molar-refractivity contribution in [2.75, 3.05) is 25.5 Å². The summed E-state index contributed by atoms with van der Waals surface area (Å²) in [6.45, 7) is 5.05. The van der Waals surface area contributed by atoms with E-state index in [1.165, 1.54) is 19.5 Å². The number of ether oxygens (including phenoxy) is 1. The van der Waals surface area contributed by atoms with Gasteiger partial charge in [0.2, 0.25) is 23.4 Å². The maximum Gasteiger partial charge on any atom is 0.229 e. The summed E-state index contributed by atoms with van der Waals surface area (Å²) in [5, 5.41) is 13.0. The predicted octanol–water partition coefficient (Wildman–Crippen LogP) is 4.18. The van der Waals surface area contributed by atoms with E-state index in [9.17, 15) is 4.79 Å². The molecule has 0 aromatic carbocycles. The Morgan fingerprint density at radius 1 is 1.37 bits per heavy atom. The van der Waals surface area contributed by atoms with Crippen LogP contribution >= 0.6 is 11.6 Å². The van der Waals surface area contributed by atoms with Crippen molar-refractivity contribution < 1.29 is 13.9 Å². The summed E-state index contributed by atoms with van der Waals surface area (Å²) in [5.74, 6) is 1.32. The number of aromatic nitrogens is 3. The zero-order chi connectivity index (χ0) is 24.7. The molecule has 5 rings (SSSR count). The average molecular weight is 493 g/mol. The fraction of sp³-hybridized carbons (Fsp3) is 0.400. The smallest absolute Gasteiger partial charge is 0.229 e. The highest BCUT2D eigenvalue weighted by Crippen LogP contribution is 2.54. The molecule has 4 heterocycles. The summed E-state index contributed by atoms with van der Waals surface area (Å²) in [6.07, 6.45) is 5.05. The molecule has 1 saturated heterocycles. The van der Waals surface area contributed by atoms with Crippen LogP contribution in [-0.4, -0.2) is 52.0 Å². The Bertz CT molecular complexity index is 1330. The maximum absolute atomic E-state index is 13.4. The predicted molar refractivity (Wildman–Crippen MR) is 129 cm³/mol. The highest BCUT2D eigenvalue weighted by Gasteiger charge is 2.56. The zero-order valence-corrected chi connectivity index (χ0v) is 20.5. The molecule has 2 atom stereocenters. The van der Waals surface area contributed by atoms with Gasteiger partial charge in [0, 0.05) is 30.8 Å². The molecule has 0 radical (unpaired) electrons. The average Bonchev–Trinajstić information content (AvgIpc) is 3.33. The highest BCUT2D eigenvalue weighted by molar-refractivity contribution is 6.31. The molecule has 1 amide bonds. The normalized spacial score (nSPS) is 18.8. The van der Waals surface area contributed by atoms with Gasteiger partial charge < -0.3 is 19.4 Å². The molecule has 1 N–H and O–H groups in total. The fourth-order valence-corrected chi connectivity index (χ4v) is 5.05. The van der Waals surface area contributed by atoms with Crippen molar-refractivity contribution in [3.05, 3.63) is 52.6 Å². The molecule has 1 saturated carbocycles. The van der Waals surface area contributed by atoms with E-state index in [4.69, 9.17) is 26.0 Å². The van der Waals surface area contributed by atoms with Gasteiger partial charge in [0.25, 0.3) is 0 Å². The summed E-state index contributed by atoms with van der Waals surface area (Å²) in [7, 11) is 1.54. The molecule has 0 bridgehead atoms. The van der Waals surface area contributed by atoms with Crippen LogP contribution in [0.25, 0.3) is 11.5 Å². The number of carbonyl (C=O) groups excluding carboxylic acids is 1. The van der Waals surface area contributed by atoms with Crippen LogP contribution in [0.1, 0.15) is 42.7 Å². The Labute approximate surface area is 208 Å². The molecule has 180 valence electrons. The number of anilines is 1. The van der Waals surface area contributed by atoms with Crippen LogP contribution in [-0.2, 0) is 4.79 Å². The van der Waals surface area contributed by atoms with Gasteiger partial charge in [0.1, 0.15) is 11.9 Å². The molecule has 10 heteroatoms. The van der Waals surface area contributed by atoms with Gasteiger partial charge in [0.05, 0.1) is 41.5 Å². The van der Waals surface area contributed by atoms with Crippen molar-refractivity contribution in [3.63, 3.8) is 0 Å². The number of carbonyl (C=O) groups is 1. The fourth-order valence-electron chi connectivity index (χ4n) is 4.78. The van der Waals surface area contributed by atoms with Crippen molar-refractivity contribution in [2.45, 2.75) is 38.6 Å². The third kappa shape index (κ3) is 4.30. The third-order valence-electron chi connectivity index (χ3n) is 7.01. The molecule has 3 aromatic heterocycles. The van der Waals surface area contributed by atoms with E-state index in [0.29, 0.717) is 35.4 Å². The SMILES string of the molecule is COc1cc([C@@H](C)C(=O)N2C[C@@H](Nc3ccc(-c4ncc(C#N)o4)c(C)n3)C3(CC3)C2)c(Cl)cn1. The third-order valence-corrected chi connectivity index (χ3v) is 7.33. The van der Waals surface area contributed by atoms with E-state index >= 15 is 0 Å². The second-order valence-corrected chi connectivity index (χ2v) is 9.63. The van der Waals surface area contributed by atoms with Crippen LogP contribution in [0.15, 0.2) is 35.0 Å². The maximum atomic E-state index is 13.4. The van der Waals surface area contributed by atoms with Crippen LogP contribution in [0.2, 0.25) is 5.02 Å². The summed E-state index contributed by atoms with van der Waals surface area (Å²) in [4.78, 5) is 28.3. The number of pyridine rings is 2. The number of aryl methyl sites for hydroxylation is 1. The first-order valence-electron chi connectivity index (χ1n) is 11.4. The van der Waals surface area contributed by atoms with E-state index in [1.807, 2.05) is 36.9 Å². The first-order valence-corrected chi connectivity index (χ1v) is 11.8. The van der Waals surface area contributed by atoms with Crippen LogP contribution in [0.3, 0.4) is 0 Å². The number of halogens is 1. The molecule has 1 spiro atoms. The van der Waals surface area contributed by atoms with Crippen molar-refractivity contribution >= 4 is 23.3 Å². The van der Waals surface area contributed by atoms with Gasteiger partial charge in [-0.2, -0.15) is 5.26 Å². The summed E-state index contributed by atoms with van der Waals surface area (Å²) in [5.41, 5.74) is 2.25. The van der Waals surface area contributed by atoms with Crippen molar-refractivity contribution in [2.24, 2.45) is 5.41 Å². The lowest BCUT2D eigenvalue weighted by Crippen LogP contribution is -2.34. The Morgan fingerprint density at radius 3 is 2.83 bits per heavy atom. The Kier molecular flexibility index (Phi) is 5.85. The topological polar surface area (TPSA) is 117 Å². The van der Waals surface area contributed by atoms with Gasteiger partial charge in [-0.25, -0.2) is 15.0 Å². The molecule has 35 heavy (non-hydrogen) atoms. The molecule has 9 nitrogen and oxygen atoms in total. The second kappa shape index (κ2) is 8.86. The summed E-state index contributed by atoms with van der Waals surface area (Å²) >= 11 is 6.35. The Balaban J connectivity index is 1.31. The second-order valence-electron chi connectivity index (χ2n) is 9.22. The van der Waals surface area contributed by atoms with E-state index in [0.717, 1.165) is 29.9 Å². The van der Waals surface area contributed by atoms with E-state index < -0.39 is 5.92 Å². The van der Waals surface area contributed by atoms with Gasteiger partial charge in [-0.15, -0.1) is 0 Å². The first-order chi connectivity index (χ1) is 16.8. The Morgan fingerprint density at radius 2 is 2.17 bits per heavy atom. The number of rotatable bonds is 6. The van der Waals surface area contributed by atoms with Crippen LogP contribution in [0.4, 0.5) is 5.82 Å². The number of hydrogen-bond donors (Lipinski definition) is 1. The van der Waals surface area contributed by atoms with Crippen molar-refractivity contribution in [1.29, 1.82) is 5.26 Å². The van der Waals surface area contributed by atoms with Gasteiger partial charge in [-0.05, 0) is 44.4 Å². The minimum Gasteiger partial charge on any atom is -0.481 e. The molecule has 0 unspecified atom stereocenters. The lowest BCUT2D eigenvalue weighted by atomic mass is 10.0. The molecule has 2 aliphatic rings. The van der Waals surface area contributed by atoms with Crippen LogP contribution in [0, 0.1) is 23.7 Å². The minimum absolute atomic E-state index is 0.0346. The zero-order valence-electron chi connectivity index (χ0n) is 19.7. The summed E-state index contributed by atoms with van der Waals surface area (Å²) < 4.78 is 10.6. The number of oxazole rings is 1. The summed E-state index contributed by atoms with van der Waals surface area (Å²) in [6, 6.07) is 7.54. The number of hydrogen-bond acceptors (Lipinski definition) is 8. The molecular formula is C25H25ClN6O3. The molecule has 1 aliphatic heterocycles. The number of amides is 1. The molecule has 2 fully saturated rings. The molecular weight excluding hydrogens is 468 g/mol. The minimum atomic E-state index is -0.410. The number of nitriles is 1. The number of nitrogens with zero attached hydrogens (tertiary/aromatic N) is 5. The molecule has 3 aromatic rings. The van der Waals surface area contributed by atoms with Gasteiger partial charge >= 0.3 is 0 Å². The van der Waals surface area contributed by atoms with Crippen LogP contribution in [0.5, 0.6) is 5.88 Å². The highest BCUT2D eigenvalue weighted by atomic mass is 35.5. The quantitative estimate of drug-likeness (QED) is 0.544. The van der Waals surface area contributed by atoms with Gasteiger partial charge in [-0.1, -0.05) is 11.6 Å². The lowest BCUT2D eigenvalue weighted by molar-refractivity contribution is -0.131. The lowest BCUT2D eigenvalue weighted by Gasteiger charge is -2.22. The van der Waals surface area contributed by atoms with Crippen molar-refractivity contribution in [1.82, 2.24) is 19.9 Å². The number of nitrogens with one attached hydrogen (secondary N) is 1. The largest absolute Gasteiger partial charge is 0.481 e. The first kappa shape index (κ1) is 23.1. The van der Waals surface area contributed by atoms with Gasteiger partial charge in [0.15, 0.2) is 0 Å². The molecule has 1 aliphatic carbocycles.